The highest BCUT2D eigenvalue weighted by Crippen LogP contribution is 2.34. The van der Waals surface area contributed by atoms with E-state index in [9.17, 15) is 4.79 Å². The number of rotatable bonds is 6. The molecule has 18 heavy (non-hydrogen) atoms. The first kappa shape index (κ1) is 12.4. The Morgan fingerprint density at radius 2 is 1.83 bits per heavy atom. The Morgan fingerprint density at radius 1 is 1.22 bits per heavy atom. The maximum absolute atomic E-state index is 12.5. The van der Waals surface area contributed by atoms with Crippen LogP contribution in [0.2, 0.25) is 0 Å². The van der Waals surface area contributed by atoms with Crippen molar-refractivity contribution in [1.82, 2.24) is 10.2 Å². The number of methoxy groups -OCH3 is 1. The van der Waals surface area contributed by atoms with Gasteiger partial charge in [0.1, 0.15) is 0 Å². The number of carbonyl (C=O) groups excluding carboxylic acids is 1. The first-order chi connectivity index (χ1) is 8.76. The van der Waals surface area contributed by atoms with Crippen molar-refractivity contribution in [1.29, 1.82) is 0 Å². The van der Waals surface area contributed by atoms with Gasteiger partial charge < -0.3 is 15.0 Å². The fraction of sp³-hybridized carbons (Fsp3) is 0.929. The maximum atomic E-state index is 12.5. The summed E-state index contributed by atoms with van der Waals surface area (Å²) in [6.07, 6.45) is 6.30. The van der Waals surface area contributed by atoms with Crippen molar-refractivity contribution in [2.24, 2.45) is 11.8 Å². The Hall–Kier alpha value is -0.610. The van der Waals surface area contributed by atoms with Crippen molar-refractivity contribution >= 4 is 5.91 Å². The lowest BCUT2D eigenvalue weighted by Gasteiger charge is -2.25. The predicted molar refractivity (Wildman–Crippen MR) is 69.2 cm³/mol. The second kappa shape index (κ2) is 5.17. The van der Waals surface area contributed by atoms with E-state index in [0.717, 1.165) is 37.9 Å². The highest BCUT2D eigenvalue weighted by Gasteiger charge is 2.36. The van der Waals surface area contributed by atoms with Crippen LogP contribution in [0.15, 0.2) is 0 Å². The Balaban J connectivity index is 1.55. The van der Waals surface area contributed by atoms with Crippen LogP contribution in [0.1, 0.15) is 32.1 Å². The lowest BCUT2D eigenvalue weighted by molar-refractivity contribution is -0.133. The Kier molecular flexibility index (Phi) is 3.57. The number of nitrogens with zero attached hydrogens (tertiary/aromatic N) is 1. The average molecular weight is 252 g/mol. The summed E-state index contributed by atoms with van der Waals surface area (Å²) >= 11 is 0. The summed E-state index contributed by atoms with van der Waals surface area (Å²) in [6.45, 7) is 2.80. The molecule has 4 nitrogen and oxygen atoms in total. The molecule has 3 aliphatic rings. The molecular formula is C14H24N2O2. The van der Waals surface area contributed by atoms with Crippen molar-refractivity contribution in [3.8, 4) is 0 Å². The van der Waals surface area contributed by atoms with Gasteiger partial charge in [-0.2, -0.15) is 0 Å². The smallest absolute Gasteiger partial charge is 0.239 e. The second-order valence-corrected chi connectivity index (χ2v) is 6.18. The predicted octanol–water partition coefficient (Wildman–Crippen LogP) is 1.01. The molecule has 2 aliphatic carbocycles. The van der Waals surface area contributed by atoms with Gasteiger partial charge in [-0.25, -0.2) is 0 Å². The van der Waals surface area contributed by atoms with Crippen molar-refractivity contribution in [2.75, 3.05) is 26.7 Å². The zero-order valence-corrected chi connectivity index (χ0v) is 11.2. The zero-order chi connectivity index (χ0) is 12.5. The van der Waals surface area contributed by atoms with Crippen molar-refractivity contribution in [3.05, 3.63) is 0 Å². The standard InChI is InChI=1S/C14H24N2O2/c1-18-12-6-13(15-7-12)14(17)16(8-10-2-3-10)9-11-4-5-11/h10-13,15H,2-9H2,1H3. The van der Waals surface area contributed by atoms with E-state index in [0.29, 0.717) is 5.91 Å². The van der Waals surface area contributed by atoms with Crippen molar-refractivity contribution in [2.45, 2.75) is 44.2 Å². The van der Waals surface area contributed by atoms with E-state index in [1.54, 1.807) is 7.11 Å². The minimum Gasteiger partial charge on any atom is -0.380 e. The van der Waals surface area contributed by atoms with Gasteiger partial charge in [0.2, 0.25) is 5.91 Å². The van der Waals surface area contributed by atoms with Crippen molar-refractivity contribution in [3.63, 3.8) is 0 Å². The highest BCUT2D eigenvalue weighted by molar-refractivity contribution is 5.82. The maximum Gasteiger partial charge on any atom is 0.239 e. The molecule has 0 aromatic rings. The lowest BCUT2D eigenvalue weighted by atomic mass is 10.1. The summed E-state index contributed by atoms with van der Waals surface area (Å²) in [4.78, 5) is 14.7. The number of hydrogen-bond donors (Lipinski definition) is 1. The molecule has 2 atom stereocenters. The molecular weight excluding hydrogens is 228 g/mol. The van der Waals surface area contributed by atoms with Crippen LogP contribution in [-0.4, -0.2) is 49.7 Å². The molecule has 102 valence electrons. The highest BCUT2D eigenvalue weighted by atomic mass is 16.5. The van der Waals surface area contributed by atoms with Crippen LogP contribution < -0.4 is 5.32 Å². The molecule has 0 spiro atoms. The zero-order valence-electron chi connectivity index (χ0n) is 11.2. The fourth-order valence-corrected chi connectivity index (χ4v) is 2.77. The monoisotopic (exact) mass is 252 g/mol. The molecule has 2 unspecified atom stereocenters. The Labute approximate surface area is 109 Å². The van der Waals surface area contributed by atoms with Gasteiger partial charge in [0.25, 0.3) is 0 Å². The largest absolute Gasteiger partial charge is 0.380 e. The number of nitrogens with one attached hydrogen (secondary N) is 1. The number of amides is 1. The first-order valence-electron chi connectivity index (χ1n) is 7.31. The Morgan fingerprint density at radius 3 is 2.28 bits per heavy atom. The van der Waals surface area contributed by atoms with Crippen LogP contribution in [-0.2, 0) is 9.53 Å². The lowest BCUT2D eigenvalue weighted by Crippen LogP contribution is -2.45. The van der Waals surface area contributed by atoms with E-state index < -0.39 is 0 Å². The molecule has 3 rings (SSSR count). The van der Waals surface area contributed by atoms with Crippen LogP contribution in [0, 0.1) is 11.8 Å². The summed E-state index contributed by atoms with van der Waals surface area (Å²) in [5.74, 6) is 1.88. The van der Waals surface area contributed by atoms with E-state index in [1.165, 1.54) is 25.7 Å². The van der Waals surface area contributed by atoms with Crippen LogP contribution in [0.25, 0.3) is 0 Å². The summed E-state index contributed by atoms with van der Waals surface area (Å²) in [7, 11) is 1.73. The number of carbonyl (C=O) groups is 1. The molecule has 0 bridgehead atoms. The van der Waals surface area contributed by atoms with Gasteiger partial charge in [-0.3, -0.25) is 4.79 Å². The van der Waals surface area contributed by atoms with Gasteiger partial charge in [-0.15, -0.1) is 0 Å². The van der Waals surface area contributed by atoms with E-state index in [-0.39, 0.29) is 12.1 Å². The molecule has 1 saturated heterocycles. The minimum atomic E-state index is -0.00699. The SMILES string of the molecule is COC1CNC(C(=O)N(CC2CC2)CC2CC2)C1. The van der Waals surface area contributed by atoms with E-state index in [4.69, 9.17) is 4.74 Å². The van der Waals surface area contributed by atoms with Crippen LogP contribution in [0.3, 0.4) is 0 Å². The summed E-state index contributed by atoms with van der Waals surface area (Å²) in [5.41, 5.74) is 0. The normalized spacial score (nSPS) is 31.6. The molecule has 0 aromatic heterocycles. The van der Waals surface area contributed by atoms with Crippen LogP contribution in [0.5, 0.6) is 0 Å². The molecule has 1 heterocycles. The number of ether oxygens (including phenoxy) is 1. The van der Waals surface area contributed by atoms with E-state index in [1.807, 2.05) is 0 Å². The second-order valence-electron chi connectivity index (χ2n) is 6.18. The molecule has 3 fully saturated rings. The van der Waals surface area contributed by atoms with Crippen LogP contribution in [0.4, 0.5) is 0 Å². The molecule has 4 heteroatoms. The summed E-state index contributed by atoms with van der Waals surface area (Å²) < 4.78 is 5.32. The molecule has 1 amide bonds. The number of hydrogen-bond acceptors (Lipinski definition) is 3. The summed E-state index contributed by atoms with van der Waals surface area (Å²) in [6, 6.07) is -0.00699. The Bertz CT molecular complexity index is 299. The van der Waals surface area contributed by atoms with Gasteiger partial charge >= 0.3 is 0 Å². The first-order valence-corrected chi connectivity index (χ1v) is 7.31. The summed E-state index contributed by atoms with van der Waals surface area (Å²) in [5, 5.41) is 3.31. The molecule has 1 N–H and O–H groups in total. The quantitative estimate of drug-likeness (QED) is 0.767. The van der Waals surface area contributed by atoms with Gasteiger partial charge in [-0.05, 0) is 43.9 Å². The minimum absolute atomic E-state index is 0.00699. The average Bonchev–Trinajstić information content (AvgIpc) is 3.29. The van der Waals surface area contributed by atoms with Gasteiger partial charge in [0.15, 0.2) is 0 Å². The molecule has 2 saturated carbocycles. The molecule has 0 aromatic carbocycles. The van der Waals surface area contributed by atoms with Crippen molar-refractivity contribution < 1.29 is 9.53 Å². The topological polar surface area (TPSA) is 41.6 Å². The molecule has 1 aliphatic heterocycles. The molecule has 0 radical (unpaired) electrons. The van der Waals surface area contributed by atoms with Gasteiger partial charge in [0, 0.05) is 26.7 Å². The van der Waals surface area contributed by atoms with E-state index >= 15 is 0 Å². The van der Waals surface area contributed by atoms with Crippen LogP contribution >= 0.6 is 0 Å². The third-order valence-corrected chi connectivity index (χ3v) is 4.38. The van der Waals surface area contributed by atoms with Gasteiger partial charge in [0.05, 0.1) is 12.1 Å². The van der Waals surface area contributed by atoms with Gasteiger partial charge in [-0.1, -0.05) is 0 Å². The third-order valence-electron chi connectivity index (χ3n) is 4.38. The van der Waals surface area contributed by atoms with E-state index in [2.05, 4.69) is 10.2 Å². The fourth-order valence-electron chi connectivity index (χ4n) is 2.77. The third kappa shape index (κ3) is 3.04.